The Morgan fingerprint density at radius 3 is 2.65 bits per heavy atom. The van der Waals surface area contributed by atoms with Crippen LogP contribution in [0.2, 0.25) is 0 Å². The van der Waals surface area contributed by atoms with Gasteiger partial charge in [0.25, 0.3) is 5.91 Å². The van der Waals surface area contributed by atoms with Crippen molar-refractivity contribution in [2.45, 2.75) is 51.0 Å². The van der Waals surface area contributed by atoms with Gasteiger partial charge in [0.15, 0.2) is 0 Å². The number of nitrogens with one attached hydrogen (secondary N) is 3. The van der Waals surface area contributed by atoms with Crippen molar-refractivity contribution in [1.82, 2.24) is 25.5 Å². The Labute approximate surface area is 246 Å². The van der Waals surface area contributed by atoms with E-state index in [0.717, 1.165) is 33.3 Å². The first-order chi connectivity index (χ1) is 20.6. The second-order valence-corrected chi connectivity index (χ2v) is 11.4. The minimum Gasteiger partial charge on any atom is -0.357 e. The Morgan fingerprint density at radius 2 is 1.86 bits per heavy atom. The van der Waals surface area contributed by atoms with Crippen molar-refractivity contribution in [3.05, 3.63) is 89.4 Å². The van der Waals surface area contributed by atoms with Gasteiger partial charge >= 0.3 is 6.61 Å². The van der Waals surface area contributed by atoms with Crippen molar-refractivity contribution in [3.63, 3.8) is 0 Å². The maximum absolute atomic E-state index is 13.2. The number of carbonyl (C=O) groups excluding carboxylic acids is 3. The van der Waals surface area contributed by atoms with Gasteiger partial charge in [-0.25, -0.2) is 0 Å². The molecule has 1 saturated heterocycles. The summed E-state index contributed by atoms with van der Waals surface area (Å²) < 4.78 is 30.6. The number of fused-ring (bicyclic) bond motifs is 4. The molecule has 0 radical (unpaired) electrons. The van der Waals surface area contributed by atoms with E-state index in [9.17, 15) is 23.2 Å². The predicted octanol–water partition coefficient (Wildman–Crippen LogP) is 4.12. The fourth-order valence-electron chi connectivity index (χ4n) is 6.21. The summed E-state index contributed by atoms with van der Waals surface area (Å²) in [5.41, 5.74) is 6.09. The largest absolute Gasteiger partial charge is 0.357 e. The van der Waals surface area contributed by atoms with Crippen LogP contribution in [0.3, 0.4) is 0 Å². The molecule has 3 N–H and O–H groups in total. The number of nitrogens with zero attached hydrogens (tertiary/aromatic N) is 2. The van der Waals surface area contributed by atoms with Gasteiger partial charge in [-0.15, -0.1) is 0 Å². The van der Waals surface area contributed by atoms with Crippen LogP contribution < -0.4 is 10.6 Å². The normalized spacial score (nSPS) is 18.5. The lowest BCUT2D eigenvalue weighted by Gasteiger charge is -2.24. The van der Waals surface area contributed by atoms with Crippen LogP contribution >= 0.6 is 0 Å². The Morgan fingerprint density at radius 1 is 1.07 bits per heavy atom. The third-order valence-electron chi connectivity index (χ3n) is 8.36. The number of hydrogen-bond donors (Lipinski definition) is 3. The summed E-state index contributed by atoms with van der Waals surface area (Å²) in [4.78, 5) is 47.9. The topological polar surface area (TPSA) is 116 Å². The summed E-state index contributed by atoms with van der Waals surface area (Å²) in [7, 11) is 0. The highest BCUT2D eigenvalue weighted by molar-refractivity contribution is 5.99. The lowest BCUT2D eigenvalue weighted by molar-refractivity contribution is -0.160. The zero-order chi connectivity index (χ0) is 30.3. The van der Waals surface area contributed by atoms with E-state index in [-0.39, 0.29) is 24.9 Å². The molecule has 9 nitrogen and oxygen atoms in total. The molecule has 11 heteroatoms. The van der Waals surface area contributed by atoms with E-state index in [1.54, 1.807) is 24.5 Å². The fourth-order valence-corrected chi connectivity index (χ4v) is 6.21. The fraction of sp³-hybridized carbons (Fsp3) is 0.312. The van der Waals surface area contributed by atoms with Gasteiger partial charge in [0, 0.05) is 52.9 Å². The molecule has 6 rings (SSSR count). The second kappa shape index (κ2) is 11.2. The molecule has 2 aliphatic rings. The first-order valence-electron chi connectivity index (χ1n) is 14.1. The van der Waals surface area contributed by atoms with E-state index >= 15 is 0 Å². The van der Waals surface area contributed by atoms with Crippen LogP contribution in [-0.2, 0) is 26.3 Å². The molecule has 1 fully saturated rings. The number of ether oxygens (including phenoxy) is 1. The molecule has 0 unspecified atom stereocenters. The number of H-pyrrole nitrogens is 1. The van der Waals surface area contributed by atoms with Gasteiger partial charge in [-0.05, 0) is 46.5 Å². The van der Waals surface area contributed by atoms with Crippen molar-refractivity contribution in [2.75, 3.05) is 13.1 Å². The smallest absolute Gasteiger partial charge is 0.345 e. The maximum Gasteiger partial charge on any atom is 0.345 e. The van der Waals surface area contributed by atoms with Crippen molar-refractivity contribution in [3.8, 4) is 11.1 Å². The Kier molecular flexibility index (Phi) is 7.43. The summed E-state index contributed by atoms with van der Waals surface area (Å²) in [6.07, 6.45) is 2.23. The Balaban J connectivity index is 1.12. The number of benzene rings is 2. The average molecular weight is 588 g/mol. The summed E-state index contributed by atoms with van der Waals surface area (Å²) in [5.74, 6) is -1.53. The highest BCUT2D eigenvalue weighted by atomic mass is 19.3. The van der Waals surface area contributed by atoms with Crippen molar-refractivity contribution < 1.29 is 27.9 Å². The van der Waals surface area contributed by atoms with Crippen molar-refractivity contribution >= 4 is 28.6 Å². The van der Waals surface area contributed by atoms with Crippen LogP contribution in [0.25, 0.3) is 22.0 Å². The van der Waals surface area contributed by atoms with E-state index in [4.69, 9.17) is 0 Å². The minimum absolute atomic E-state index is 0.0908. The SMILES string of the molecule is CC1(C)c2ccccc2-c2cc(C(=O)NCC(=O)N3C[C@H](OC(F)F)C[C@H]3C(=O)NCc3cc4cnccc4[nH]3)ccc21. The summed E-state index contributed by atoms with van der Waals surface area (Å²) in [6, 6.07) is 16.2. The zero-order valence-electron chi connectivity index (χ0n) is 23.7. The lowest BCUT2D eigenvalue weighted by Crippen LogP contribution is -2.49. The summed E-state index contributed by atoms with van der Waals surface area (Å²) >= 11 is 0. The molecule has 2 aromatic carbocycles. The first kappa shape index (κ1) is 28.5. The van der Waals surface area contributed by atoms with Crippen molar-refractivity contribution in [1.29, 1.82) is 0 Å². The number of rotatable bonds is 8. The summed E-state index contributed by atoms with van der Waals surface area (Å²) in [5, 5.41) is 6.29. The molecular formula is C32H31F2N5O4. The van der Waals surface area contributed by atoms with Crippen LogP contribution in [-0.4, -0.2) is 64.4 Å². The van der Waals surface area contributed by atoms with Gasteiger partial charge in [-0.1, -0.05) is 44.2 Å². The predicted molar refractivity (Wildman–Crippen MR) is 155 cm³/mol. The third-order valence-corrected chi connectivity index (χ3v) is 8.36. The van der Waals surface area contributed by atoms with Crippen LogP contribution in [0.4, 0.5) is 8.78 Å². The number of carbonyl (C=O) groups is 3. The van der Waals surface area contributed by atoms with Crippen LogP contribution in [0, 0.1) is 0 Å². The third kappa shape index (κ3) is 5.48. The van der Waals surface area contributed by atoms with Crippen LogP contribution in [0.5, 0.6) is 0 Å². The molecule has 4 aromatic rings. The molecule has 1 aliphatic carbocycles. The maximum atomic E-state index is 13.2. The molecule has 2 atom stereocenters. The van der Waals surface area contributed by atoms with E-state index < -0.39 is 43.0 Å². The highest BCUT2D eigenvalue weighted by Gasteiger charge is 2.41. The van der Waals surface area contributed by atoms with Crippen molar-refractivity contribution in [2.24, 2.45) is 0 Å². The molecule has 0 spiro atoms. The molecular weight excluding hydrogens is 556 g/mol. The van der Waals surface area contributed by atoms with Gasteiger partial charge in [-0.3, -0.25) is 19.4 Å². The molecule has 222 valence electrons. The monoisotopic (exact) mass is 587 g/mol. The summed E-state index contributed by atoms with van der Waals surface area (Å²) in [6.45, 7) is 0.778. The Hall–Kier alpha value is -4.64. The molecule has 1 aliphatic heterocycles. The number of likely N-dealkylation sites (tertiary alicyclic amines) is 1. The van der Waals surface area contributed by atoms with E-state index in [1.807, 2.05) is 36.4 Å². The van der Waals surface area contributed by atoms with E-state index in [2.05, 4.69) is 45.3 Å². The van der Waals surface area contributed by atoms with E-state index in [1.165, 1.54) is 10.5 Å². The van der Waals surface area contributed by atoms with Crippen LogP contribution in [0.15, 0.2) is 67.0 Å². The number of pyridine rings is 1. The lowest BCUT2D eigenvalue weighted by atomic mass is 9.82. The van der Waals surface area contributed by atoms with Gasteiger partial charge in [-0.2, -0.15) is 8.78 Å². The van der Waals surface area contributed by atoms with Crippen LogP contribution in [0.1, 0.15) is 47.4 Å². The number of amides is 3. The number of hydrogen-bond acceptors (Lipinski definition) is 5. The molecule has 43 heavy (non-hydrogen) atoms. The number of halogens is 2. The minimum atomic E-state index is -3.04. The molecule has 2 aromatic heterocycles. The first-order valence-corrected chi connectivity index (χ1v) is 14.1. The Bertz CT molecular complexity index is 1690. The zero-order valence-corrected chi connectivity index (χ0v) is 23.7. The average Bonchev–Trinajstić information content (AvgIpc) is 3.67. The molecule has 3 amide bonds. The molecule has 0 saturated carbocycles. The number of aromatic amines is 1. The van der Waals surface area contributed by atoms with E-state index in [0.29, 0.717) is 5.56 Å². The molecule has 0 bridgehead atoms. The number of aromatic nitrogens is 2. The standard InChI is InChI=1S/C32H31F2N5O4/c1-32(2)24-6-4-3-5-22(24)23-12-18(7-8-25(23)32)29(41)37-16-28(40)39-17-21(43-31(33)34)13-27(39)30(42)36-15-20-11-19-14-35-10-9-26(19)38-20/h3-12,14,21,27,31,38H,13,15-17H2,1-2H3,(H,36,42)(H,37,41)/t21-,27+/m1/s1. The van der Waals surface area contributed by atoms with Gasteiger partial charge in [0.05, 0.1) is 19.2 Å². The van der Waals surface area contributed by atoms with Gasteiger partial charge < -0.3 is 25.3 Å². The molecule has 3 heterocycles. The second-order valence-electron chi connectivity index (χ2n) is 11.4. The highest BCUT2D eigenvalue weighted by Crippen LogP contribution is 2.48. The number of alkyl halides is 2. The quantitative estimate of drug-likeness (QED) is 0.287. The van der Waals surface area contributed by atoms with Gasteiger partial charge in [0.2, 0.25) is 11.8 Å². The van der Waals surface area contributed by atoms with Gasteiger partial charge in [0.1, 0.15) is 6.04 Å².